The first-order chi connectivity index (χ1) is 9.43. The molecule has 2 amide bonds. The second-order valence-electron chi connectivity index (χ2n) is 4.78. The van der Waals surface area contributed by atoms with Crippen LogP contribution < -0.4 is 15.4 Å². The van der Waals surface area contributed by atoms with Crippen LogP contribution in [0.4, 0.5) is 5.69 Å². The van der Waals surface area contributed by atoms with Gasteiger partial charge in [0.25, 0.3) is 0 Å². The van der Waals surface area contributed by atoms with Crippen molar-refractivity contribution >= 4 is 17.5 Å². The molecule has 0 fully saturated rings. The van der Waals surface area contributed by atoms with E-state index in [1.54, 1.807) is 44.2 Å². The zero-order valence-electron chi connectivity index (χ0n) is 12.0. The molecule has 1 aromatic carbocycles. The van der Waals surface area contributed by atoms with Crippen molar-refractivity contribution < 1.29 is 14.3 Å². The van der Waals surface area contributed by atoms with E-state index in [0.717, 1.165) is 0 Å². The summed E-state index contributed by atoms with van der Waals surface area (Å²) in [7, 11) is 1.52. The van der Waals surface area contributed by atoms with E-state index in [-0.39, 0.29) is 5.91 Å². The van der Waals surface area contributed by atoms with Gasteiger partial charge in [-0.2, -0.15) is 0 Å². The Morgan fingerprint density at radius 1 is 1.30 bits per heavy atom. The Labute approximate surface area is 119 Å². The van der Waals surface area contributed by atoms with Crippen LogP contribution in [0.15, 0.2) is 36.9 Å². The predicted octanol–water partition coefficient (Wildman–Crippen LogP) is 1.96. The number of amides is 2. The van der Waals surface area contributed by atoms with Crippen molar-refractivity contribution in [2.45, 2.75) is 13.8 Å². The maximum Gasteiger partial charge on any atom is 0.239 e. The summed E-state index contributed by atoms with van der Waals surface area (Å²) in [6.07, 6.45) is 1.56. The topological polar surface area (TPSA) is 67.4 Å². The van der Waals surface area contributed by atoms with Crippen molar-refractivity contribution in [2.24, 2.45) is 5.41 Å². The Balaban J connectivity index is 2.83. The number of hydrogen-bond donors (Lipinski definition) is 2. The van der Waals surface area contributed by atoms with Gasteiger partial charge in [-0.1, -0.05) is 18.2 Å². The van der Waals surface area contributed by atoms with Gasteiger partial charge in [-0.3, -0.25) is 9.59 Å². The molecule has 0 aliphatic heterocycles. The third-order valence-electron chi connectivity index (χ3n) is 2.90. The van der Waals surface area contributed by atoms with Gasteiger partial charge in [0.05, 0.1) is 12.8 Å². The SMILES string of the molecule is C=CCNC(=O)C(C)(C)C(=O)Nc1ccccc1OC. The van der Waals surface area contributed by atoms with E-state index in [1.807, 2.05) is 0 Å². The lowest BCUT2D eigenvalue weighted by Gasteiger charge is -2.23. The summed E-state index contributed by atoms with van der Waals surface area (Å²) >= 11 is 0. The predicted molar refractivity (Wildman–Crippen MR) is 78.6 cm³/mol. The minimum absolute atomic E-state index is 0.324. The summed E-state index contributed by atoms with van der Waals surface area (Å²) in [6.45, 7) is 6.97. The van der Waals surface area contributed by atoms with Crippen LogP contribution >= 0.6 is 0 Å². The molecule has 0 spiro atoms. The van der Waals surface area contributed by atoms with Gasteiger partial charge in [-0.15, -0.1) is 6.58 Å². The number of nitrogens with one attached hydrogen (secondary N) is 2. The molecule has 5 nitrogen and oxygen atoms in total. The van der Waals surface area contributed by atoms with Crippen molar-refractivity contribution in [3.8, 4) is 5.75 Å². The summed E-state index contributed by atoms with van der Waals surface area (Å²) in [4.78, 5) is 24.2. The number of benzene rings is 1. The zero-order valence-corrected chi connectivity index (χ0v) is 12.0. The number of carbonyl (C=O) groups excluding carboxylic acids is 2. The summed E-state index contributed by atoms with van der Waals surface area (Å²) in [5.41, 5.74) is -0.659. The highest BCUT2D eigenvalue weighted by Crippen LogP contribution is 2.26. The molecule has 0 aliphatic carbocycles. The maximum absolute atomic E-state index is 12.3. The number of methoxy groups -OCH3 is 1. The van der Waals surface area contributed by atoms with Crippen molar-refractivity contribution in [1.29, 1.82) is 0 Å². The van der Waals surface area contributed by atoms with Crippen molar-refractivity contribution in [2.75, 3.05) is 19.0 Å². The molecule has 0 aliphatic rings. The molecular weight excluding hydrogens is 256 g/mol. The highest BCUT2D eigenvalue weighted by atomic mass is 16.5. The number of hydrogen-bond acceptors (Lipinski definition) is 3. The van der Waals surface area contributed by atoms with E-state index in [1.165, 1.54) is 7.11 Å². The fourth-order valence-corrected chi connectivity index (χ4v) is 1.52. The van der Waals surface area contributed by atoms with Crippen LogP contribution in [0.3, 0.4) is 0 Å². The molecule has 1 rings (SSSR count). The quantitative estimate of drug-likeness (QED) is 0.616. The van der Waals surface area contributed by atoms with Gasteiger partial charge in [0, 0.05) is 6.54 Å². The van der Waals surface area contributed by atoms with Crippen LogP contribution in [0, 0.1) is 5.41 Å². The average Bonchev–Trinajstić information content (AvgIpc) is 2.45. The smallest absolute Gasteiger partial charge is 0.239 e. The van der Waals surface area contributed by atoms with E-state index in [9.17, 15) is 9.59 Å². The molecule has 0 radical (unpaired) electrons. The van der Waals surface area contributed by atoms with Crippen LogP contribution in [0.2, 0.25) is 0 Å². The van der Waals surface area contributed by atoms with Gasteiger partial charge >= 0.3 is 0 Å². The summed E-state index contributed by atoms with van der Waals surface area (Å²) in [5, 5.41) is 5.33. The summed E-state index contributed by atoms with van der Waals surface area (Å²) in [6, 6.07) is 7.04. The Kier molecular flexibility index (Phi) is 5.32. The number of carbonyl (C=O) groups is 2. The number of rotatable bonds is 6. The van der Waals surface area contributed by atoms with Gasteiger partial charge in [-0.05, 0) is 26.0 Å². The first kappa shape index (κ1) is 15.8. The van der Waals surface area contributed by atoms with Gasteiger partial charge in [0.1, 0.15) is 11.2 Å². The first-order valence-corrected chi connectivity index (χ1v) is 6.27. The highest BCUT2D eigenvalue weighted by molar-refractivity contribution is 6.10. The lowest BCUT2D eigenvalue weighted by Crippen LogP contribution is -2.45. The summed E-state index contributed by atoms with van der Waals surface area (Å²) < 4.78 is 5.16. The standard InChI is InChI=1S/C15H20N2O3/c1-5-10-16-13(18)15(2,3)14(19)17-11-8-6-7-9-12(11)20-4/h5-9H,1,10H2,2-4H3,(H,16,18)(H,17,19). The second kappa shape index (κ2) is 6.75. The van der Waals surface area contributed by atoms with Crippen LogP contribution in [0.1, 0.15) is 13.8 Å². The first-order valence-electron chi connectivity index (χ1n) is 6.27. The molecule has 0 saturated heterocycles. The molecule has 20 heavy (non-hydrogen) atoms. The zero-order chi connectivity index (χ0) is 15.2. The van der Waals surface area contributed by atoms with Crippen molar-refractivity contribution in [3.63, 3.8) is 0 Å². The lowest BCUT2D eigenvalue weighted by molar-refractivity contribution is -0.138. The number of ether oxygens (including phenoxy) is 1. The molecule has 0 heterocycles. The third kappa shape index (κ3) is 3.60. The van der Waals surface area contributed by atoms with Crippen LogP contribution in [0.5, 0.6) is 5.75 Å². The Morgan fingerprint density at radius 3 is 2.55 bits per heavy atom. The molecule has 0 atom stereocenters. The van der Waals surface area contributed by atoms with Crippen LogP contribution in [-0.4, -0.2) is 25.5 Å². The molecule has 2 N–H and O–H groups in total. The largest absolute Gasteiger partial charge is 0.495 e. The second-order valence-corrected chi connectivity index (χ2v) is 4.78. The number of anilines is 1. The van der Waals surface area contributed by atoms with Crippen LogP contribution in [0.25, 0.3) is 0 Å². The molecule has 0 aromatic heterocycles. The Morgan fingerprint density at radius 2 is 1.95 bits per heavy atom. The van der Waals surface area contributed by atoms with E-state index in [4.69, 9.17) is 4.74 Å². The number of para-hydroxylation sites is 2. The van der Waals surface area contributed by atoms with E-state index >= 15 is 0 Å². The molecule has 0 bridgehead atoms. The minimum Gasteiger partial charge on any atom is -0.495 e. The van der Waals surface area contributed by atoms with Gasteiger partial charge in [0.15, 0.2) is 0 Å². The molecule has 1 aromatic rings. The van der Waals surface area contributed by atoms with Gasteiger partial charge < -0.3 is 15.4 Å². The van der Waals surface area contributed by atoms with Crippen molar-refractivity contribution in [1.82, 2.24) is 5.32 Å². The van der Waals surface area contributed by atoms with Crippen LogP contribution in [-0.2, 0) is 9.59 Å². The monoisotopic (exact) mass is 276 g/mol. The Hall–Kier alpha value is -2.30. The lowest BCUT2D eigenvalue weighted by atomic mass is 9.91. The fourth-order valence-electron chi connectivity index (χ4n) is 1.52. The molecule has 0 saturated carbocycles. The third-order valence-corrected chi connectivity index (χ3v) is 2.90. The molecule has 5 heteroatoms. The van der Waals surface area contributed by atoms with E-state index in [0.29, 0.717) is 18.0 Å². The molecule has 0 unspecified atom stereocenters. The maximum atomic E-state index is 12.3. The highest BCUT2D eigenvalue weighted by Gasteiger charge is 2.36. The molecule has 108 valence electrons. The minimum atomic E-state index is -1.19. The van der Waals surface area contributed by atoms with Gasteiger partial charge in [-0.25, -0.2) is 0 Å². The normalized spacial score (nSPS) is 10.6. The summed E-state index contributed by atoms with van der Waals surface area (Å²) in [5.74, 6) is -0.212. The van der Waals surface area contributed by atoms with E-state index in [2.05, 4.69) is 17.2 Å². The van der Waals surface area contributed by atoms with E-state index < -0.39 is 11.3 Å². The average molecular weight is 276 g/mol. The van der Waals surface area contributed by atoms with Gasteiger partial charge in [0.2, 0.25) is 11.8 Å². The molecular formula is C15H20N2O3. The fraction of sp³-hybridized carbons (Fsp3) is 0.333. The van der Waals surface area contributed by atoms with Crippen molar-refractivity contribution in [3.05, 3.63) is 36.9 Å². The Bertz CT molecular complexity index is 510.